The number of imide groups is 1. The largest absolute Gasteiger partial charge is 0.495 e. The molecule has 32 heavy (non-hydrogen) atoms. The van der Waals surface area contributed by atoms with E-state index in [1.54, 1.807) is 31.4 Å². The van der Waals surface area contributed by atoms with Gasteiger partial charge in [0.2, 0.25) is 0 Å². The molecule has 164 valence electrons. The number of carbonyl (C=O) groups is 2. The molecule has 0 saturated heterocycles. The molecule has 3 aromatic rings. The van der Waals surface area contributed by atoms with Gasteiger partial charge in [-0.25, -0.2) is 4.90 Å². The summed E-state index contributed by atoms with van der Waals surface area (Å²) in [7, 11) is 1.57. The Balaban J connectivity index is 1.74. The summed E-state index contributed by atoms with van der Waals surface area (Å²) in [5.41, 5.74) is 2.68. The third-order valence-electron chi connectivity index (χ3n) is 4.93. The summed E-state index contributed by atoms with van der Waals surface area (Å²) in [6.45, 7) is 5.83. The van der Waals surface area contributed by atoms with E-state index in [0.717, 1.165) is 10.4 Å². The lowest BCUT2D eigenvalue weighted by molar-refractivity contribution is -0.120. The number of thiophene rings is 1. The fourth-order valence-electron chi connectivity index (χ4n) is 3.53. The van der Waals surface area contributed by atoms with E-state index >= 15 is 0 Å². The van der Waals surface area contributed by atoms with Gasteiger partial charge in [-0.05, 0) is 74.2 Å². The fraction of sp³-hybridized carbons (Fsp3) is 0.200. The summed E-state index contributed by atoms with van der Waals surface area (Å²) < 4.78 is 11.1. The van der Waals surface area contributed by atoms with Crippen molar-refractivity contribution in [3.63, 3.8) is 0 Å². The zero-order valence-electron chi connectivity index (χ0n) is 18.3. The minimum absolute atomic E-state index is 0.0307. The number of methoxy groups -OCH3 is 1. The predicted octanol–water partition coefficient (Wildman–Crippen LogP) is 5.25. The second kappa shape index (κ2) is 8.88. The highest BCUT2D eigenvalue weighted by molar-refractivity contribution is 7.11. The Bertz CT molecular complexity index is 1180. The molecule has 1 aliphatic heterocycles. The van der Waals surface area contributed by atoms with Crippen molar-refractivity contribution in [2.75, 3.05) is 17.3 Å². The molecule has 0 aliphatic carbocycles. The number of hydrogen-bond acceptors (Lipinski definition) is 6. The van der Waals surface area contributed by atoms with Crippen molar-refractivity contribution < 1.29 is 19.1 Å². The Hall–Kier alpha value is -3.58. The number of aryl methyl sites for hydroxylation is 1. The van der Waals surface area contributed by atoms with Crippen LogP contribution in [-0.4, -0.2) is 25.0 Å². The zero-order chi connectivity index (χ0) is 22.8. The van der Waals surface area contributed by atoms with Crippen LogP contribution in [0.25, 0.3) is 5.57 Å². The zero-order valence-corrected chi connectivity index (χ0v) is 19.2. The number of benzene rings is 2. The standard InChI is InChI=1S/C25H24N2O4S/c1-15(2)31-18-10-8-17(9-11-18)27-24(28)22(21-6-5-13-32-21)23(25(27)29)26-19-14-16(3)7-12-20(19)30-4/h5-15,26H,1-4H3. The smallest absolute Gasteiger partial charge is 0.282 e. The maximum absolute atomic E-state index is 13.5. The molecule has 1 aromatic heterocycles. The van der Waals surface area contributed by atoms with E-state index in [1.165, 1.54) is 16.2 Å². The van der Waals surface area contributed by atoms with Crippen molar-refractivity contribution >= 4 is 40.1 Å². The van der Waals surface area contributed by atoms with E-state index in [2.05, 4.69) is 5.32 Å². The molecular formula is C25H24N2O4S. The molecule has 0 atom stereocenters. The molecule has 2 amide bonds. The van der Waals surface area contributed by atoms with Gasteiger partial charge in [0.15, 0.2) is 0 Å². The van der Waals surface area contributed by atoms with Crippen LogP contribution in [0.4, 0.5) is 11.4 Å². The van der Waals surface area contributed by atoms with Crippen LogP contribution in [0, 0.1) is 6.92 Å². The highest BCUT2D eigenvalue weighted by Crippen LogP contribution is 2.37. The molecule has 6 nitrogen and oxygen atoms in total. The third kappa shape index (κ3) is 4.11. The molecule has 0 saturated carbocycles. The topological polar surface area (TPSA) is 67.9 Å². The number of nitrogens with one attached hydrogen (secondary N) is 1. The maximum Gasteiger partial charge on any atom is 0.282 e. The summed E-state index contributed by atoms with van der Waals surface area (Å²) >= 11 is 1.41. The second-order valence-electron chi connectivity index (χ2n) is 7.66. The average molecular weight is 449 g/mol. The normalized spacial score (nSPS) is 13.8. The Labute approximate surface area is 191 Å². The summed E-state index contributed by atoms with van der Waals surface area (Å²) in [4.78, 5) is 28.9. The molecule has 2 aromatic carbocycles. The Morgan fingerprint density at radius 3 is 2.38 bits per heavy atom. The maximum atomic E-state index is 13.5. The SMILES string of the molecule is COc1ccc(C)cc1NC1=C(c2cccs2)C(=O)N(c2ccc(OC(C)C)cc2)C1=O. The van der Waals surface area contributed by atoms with Crippen molar-refractivity contribution in [2.45, 2.75) is 26.9 Å². The summed E-state index contributed by atoms with van der Waals surface area (Å²) in [5.74, 6) is 0.475. The monoisotopic (exact) mass is 448 g/mol. The van der Waals surface area contributed by atoms with Crippen molar-refractivity contribution in [3.8, 4) is 11.5 Å². The molecule has 0 bridgehead atoms. The average Bonchev–Trinajstić information content (AvgIpc) is 3.36. The molecular weight excluding hydrogens is 424 g/mol. The van der Waals surface area contributed by atoms with Gasteiger partial charge < -0.3 is 14.8 Å². The van der Waals surface area contributed by atoms with Crippen LogP contribution < -0.4 is 19.7 Å². The van der Waals surface area contributed by atoms with Crippen LogP contribution in [-0.2, 0) is 9.59 Å². The molecule has 2 heterocycles. The van der Waals surface area contributed by atoms with E-state index in [4.69, 9.17) is 9.47 Å². The van der Waals surface area contributed by atoms with E-state index in [9.17, 15) is 9.59 Å². The Morgan fingerprint density at radius 2 is 1.75 bits per heavy atom. The quantitative estimate of drug-likeness (QED) is 0.500. The summed E-state index contributed by atoms with van der Waals surface area (Å²) in [5, 5.41) is 5.06. The number of rotatable bonds is 7. The number of ether oxygens (including phenoxy) is 2. The number of carbonyl (C=O) groups excluding carboxylic acids is 2. The van der Waals surface area contributed by atoms with Gasteiger partial charge in [-0.3, -0.25) is 9.59 Å². The molecule has 1 N–H and O–H groups in total. The molecule has 0 fully saturated rings. The fourth-order valence-corrected chi connectivity index (χ4v) is 4.30. The summed E-state index contributed by atoms with van der Waals surface area (Å²) in [6.07, 6.45) is 0.0307. The van der Waals surface area contributed by atoms with Gasteiger partial charge >= 0.3 is 0 Å². The predicted molar refractivity (Wildman–Crippen MR) is 127 cm³/mol. The molecule has 0 spiro atoms. The van der Waals surface area contributed by atoms with Crippen molar-refractivity contribution in [1.82, 2.24) is 0 Å². The highest BCUT2D eigenvalue weighted by Gasteiger charge is 2.41. The third-order valence-corrected chi connectivity index (χ3v) is 5.82. The molecule has 7 heteroatoms. The summed E-state index contributed by atoms with van der Waals surface area (Å²) in [6, 6.07) is 16.3. The van der Waals surface area contributed by atoms with Gasteiger partial charge in [-0.1, -0.05) is 12.1 Å². The van der Waals surface area contributed by atoms with E-state index < -0.39 is 5.91 Å². The van der Waals surface area contributed by atoms with Crippen LogP contribution in [0.15, 0.2) is 65.7 Å². The first-order valence-corrected chi connectivity index (χ1v) is 11.1. The lowest BCUT2D eigenvalue weighted by atomic mass is 10.1. The molecule has 1 aliphatic rings. The van der Waals surface area contributed by atoms with Gasteiger partial charge in [-0.15, -0.1) is 11.3 Å². The Morgan fingerprint density at radius 1 is 1.00 bits per heavy atom. The van der Waals surface area contributed by atoms with Gasteiger partial charge in [-0.2, -0.15) is 0 Å². The van der Waals surface area contributed by atoms with E-state index in [-0.39, 0.29) is 17.7 Å². The van der Waals surface area contributed by atoms with Crippen LogP contribution in [0.2, 0.25) is 0 Å². The lowest BCUT2D eigenvalue weighted by Crippen LogP contribution is -2.32. The first kappa shape index (κ1) is 21.6. The van der Waals surface area contributed by atoms with Crippen molar-refractivity contribution in [1.29, 1.82) is 0 Å². The molecule has 0 unspecified atom stereocenters. The molecule has 0 radical (unpaired) electrons. The van der Waals surface area contributed by atoms with Gasteiger partial charge in [0.25, 0.3) is 11.8 Å². The Kier molecular flexibility index (Phi) is 6.01. The van der Waals surface area contributed by atoms with Crippen LogP contribution in [0.1, 0.15) is 24.3 Å². The number of amides is 2. The van der Waals surface area contributed by atoms with Crippen LogP contribution >= 0.6 is 11.3 Å². The van der Waals surface area contributed by atoms with Crippen LogP contribution in [0.3, 0.4) is 0 Å². The van der Waals surface area contributed by atoms with Gasteiger partial charge in [0.05, 0.1) is 30.2 Å². The van der Waals surface area contributed by atoms with E-state index in [0.29, 0.717) is 28.4 Å². The minimum atomic E-state index is -0.417. The van der Waals surface area contributed by atoms with Crippen LogP contribution in [0.5, 0.6) is 11.5 Å². The number of nitrogens with zero attached hydrogens (tertiary/aromatic N) is 1. The number of anilines is 2. The minimum Gasteiger partial charge on any atom is -0.495 e. The first-order chi connectivity index (χ1) is 15.4. The van der Waals surface area contributed by atoms with Gasteiger partial charge in [0, 0.05) is 4.88 Å². The van der Waals surface area contributed by atoms with Crippen molar-refractivity contribution in [3.05, 3.63) is 76.1 Å². The number of hydrogen-bond donors (Lipinski definition) is 1. The first-order valence-electron chi connectivity index (χ1n) is 10.2. The lowest BCUT2D eigenvalue weighted by Gasteiger charge is -2.17. The van der Waals surface area contributed by atoms with Gasteiger partial charge in [0.1, 0.15) is 17.2 Å². The van der Waals surface area contributed by atoms with E-state index in [1.807, 2.05) is 56.5 Å². The second-order valence-corrected chi connectivity index (χ2v) is 8.61. The molecule has 4 rings (SSSR count). The van der Waals surface area contributed by atoms with Crippen molar-refractivity contribution in [2.24, 2.45) is 0 Å². The highest BCUT2D eigenvalue weighted by atomic mass is 32.1.